The first kappa shape index (κ1) is 20.3. The van der Waals surface area contributed by atoms with Gasteiger partial charge in [-0.15, -0.1) is 0 Å². The molecule has 1 N–H and O–H groups in total. The van der Waals surface area contributed by atoms with E-state index in [2.05, 4.69) is 22.4 Å². The van der Waals surface area contributed by atoms with E-state index in [0.29, 0.717) is 19.6 Å². The lowest BCUT2D eigenvalue weighted by atomic mass is 10.1. The van der Waals surface area contributed by atoms with Crippen LogP contribution in [0.15, 0.2) is 42.6 Å². The van der Waals surface area contributed by atoms with Crippen molar-refractivity contribution < 1.29 is 9.53 Å². The van der Waals surface area contributed by atoms with Crippen molar-refractivity contribution >= 4 is 5.91 Å². The van der Waals surface area contributed by atoms with Crippen molar-refractivity contribution in [3.63, 3.8) is 0 Å². The molecule has 5 nitrogen and oxygen atoms in total. The van der Waals surface area contributed by atoms with Gasteiger partial charge < -0.3 is 15.0 Å². The first-order valence-corrected chi connectivity index (χ1v) is 10.2. The third-order valence-electron chi connectivity index (χ3n) is 5.28. The van der Waals surface area contributed by atoms with E-state index >= 15 is 0 Å². The number of rotatable bonds is 7. The average Bonchev–Trinajstić information content (AvgIpc) is 2.99. The van der Waals surface area contributed by atoms with E-state index < -0.39 is 0 Å². The number of aromatic nitrogens is 1. The number of benzene rings is 1. The molecule has 2 aromatic rings. The summed E-state index contributed by atoms with van der Waals surface area (Å²) in [6.45, 7) is 7.02. The summed E-state index contributed by atoms with van der Waals surface area (Å²) in [6.07, 6.45) is 5.27. The Morgan fingerprint density at radius 1 is 1.21 bits per heavy atom. The normalized spacial score (nSPS) is 17.0. The molecule has 0 saturated carbocycles. The summed E-state index contributed by atoms with van der Waals surface area (Å²) in [7, 11) is 0. The van der Waals surface area contributed by atoms with Gasteiger partial charge in [0, 0.05) is 12.2 Å². The minimum atomic E-state index is 0.142. The van der Waals surface area contributed by atoms with Gasteiger partial charge >= 0.3 is 0 Å². The molecule has 2 heterocycles. The summed E-state index contributed by atoms with van der Waals surface area (Å²) in [5.74, 6) is 1.01. The molecule has 1 unspecified atom stereocenters. The van der Waals surface area contributed by atoms with Gasteiger partial charge in [-0.1, -0.05) is 18.2 Å². The second kappa shape index (κ2) is 10.2. The van der Waals surface area contributed by atoms with Crippen LogP contribution >= 0.6 is 0 Å². The molecule has 1 aliphatic rings. The fourth-order valence-electron chi connectivity index (χ4n) is 3.65. The molecule has 1 aliphatic heterocycles. The molecule has 1 saturated heterocycles. The van der Waals surface area contributed by atoms with E-state index in [-0.39, 0.29) is 11.9 Å². The number of carbonyl (C=O) groups excluding carboxylic acids is 1. The van der Waals surface area contributed by atoms with Crippen LogP contribution in [0, 0.1) is 13.8 Å². The van der Waals surface area contributed by atoms with Gasteiger partial charge in [0.25, 0.3) is 0 Å². The zero-order valence-electron chi connectivity index (χ0n) is 17.0. The van der Waals surface area contributed by atoms with Gasteiger partial charge in [0.05, 0.1) is 25.3 Å². The van der Waals surface area contributed by atoms with Crippen molar-refractivity contribution in [3.8, 4) is 5.75 Å². The van der Waals surface area contributed by atoms with Crippen molar-refractivity contribution in [1.82, 2.24) is 15.2 Å². The summed E-state index contributed by atoms with van der Waals surface area (Å²) in [5, 5.41) is 3.43. The van der Waals surface area contributed by atoms with Gasteiger partial charge in [0.15, 0.2) is 0 Å². The smallest absolute Gasteiger partial charge is 0.226 e. The minimum absolute atomic E-state index is 0.142. The number of aryl methyl sites for hydroxylation is 2. The Morgan fingerprint density at radius 3 is 2.93 bits per heavy atom. The fourth-order valence-corrected chi connectivity index (χ4v) is 3.65. The molecule has 150 valence electrons. The van der Waals surface area contributed by atoms with Crippen LogP contribution in [-0.2, 0) is 11.3 Å². The predicted molar refractivity (Wildman–Crippen MR) is 111 cm³/mol. The van der Waals surface area contributed by atoms with E-state index in [4.69, 9.17) is 4.74 Å². The molecular formula is C23H31N3O2. The zero-order chi connectivity index (χ0) is 19.8. The topological polar surface area (TPSA) is 54.5 Å². The van der Waals surface area contributed by atoms with Crippen molar-refractivity contribution in [2.24, 2.45) is 0 Å². The summed E-state index contributed by atoms with van der Waals surface area (Å²) >= 11 is 0. The largest absolute Gasteiger partial charge is 0.493 e. The second-order valence-electron chi connectivity index (χ2n) is 7.54. The average molecular weight is 382 g/mol. The fraction of sp³-hybridized carbons (Fsp3) is 0.478. The maximum atomic E-state index is 13.1. The number of hydrogen-bond acceptors (Lipinski definition) is 4. The van der Waals surface area contributed by atoms with Crippen LogP contribution in [-0.4, -0.2) is 41.5 Å². The third kappa shape index (κ3) is 5.80. The Bertz CT molecular complexity index is 756. The molecule has 1 fully saturated rings. The summed E-state index contributed by atoms with van der Waals surface area (Å²) in [4.78, 5) is 19.5. The highest BCUT2D eigenvalue weighted by Gasteiger charge is 2.25. The standard InChI is InChI=1S/C23H31N3O2/c1-18-8-9-19(2)22(16-18)28-15-11-23(27)26(17-20-6-3-4-13-25-20)21-7-5-12-24-14-10-21/h3-4,6,8-9,13,16,21,24H,5,7,10-12,14-15,17H2,1-2H3. The number of amides is 1. The Hall–Kier alpha value is -2.40. The van der Waals surface area contributed by atoms with Crippen LogP contribution < -0.4 is 10.1 Å². The van der Waals surface area contributed by atoms with E-state index in [0.717, 1.165) is 54.9 Å². The van der Waals surface area contributed by atoms with Crippen molar-refractivity contribution in [3.05, 3.63) is 59.4 Å². The number of ether oxygens (including phenoxy) is 1. The zero-order valence-corrected chi connectivity index (χ0v) is 17.0. The van der Waals surface area contributed by atoms with E-state index in [1.165, 1.54) is 0 Å². The van der Waals surface area contributed by atoms with Crippen LogP contribution in [0.4, 0.5) is 0 Å². The molecule has 1 amide bonds. The van der Waals surface area contributed by atoms with Crippen molar-refractivity contribution in [2.45, 2.75) is 52.1 Å². The monoisotopic (exact) mass is 381 g/mol. The molecule has 1 aromatic carbocycles. The molecule has 0 aliphatic carbocycles. The van der Waals surface area contributed by atoms with Gasteiger partial charge in [-0.25, -0.2) is 0 Å². The summed E-state index contributed by atoms with van der Waals surface area (Å²) in [5.41, 5.74) is 3.19. The molecule has 5 heteroatoms. The Balaban J connectivity index is 1.64. The Labute approximate surface area is 168 Å². The van der Waals surface area contributed by atoms with Gasteiger partial charge in [-0.05, 0) is 75.5 Å². The first-order valence-electron chi connectivity index (χ1n) is 10.2. The maximum Gasteiger partial charge on any atom is 0.226 e. The number of carbonyl (C=O) groups is 1. The molecule has 1 aromatic heterocycles. The number of nitrogens with one attached hydrogen (secondary N) is 1. The van der Waals surface area contributed by atoms with Gasteiger partial charge in [-0.3, -0.25) is 9.78 Å². The van der Waals surface area contributed by atoms with E-state index in [1.54, 1.807) is 6.20 Å². The molecule has 0 radical (unpaired) electrons. The molecular weight excluding hydrogens is 350 g/mol. The lowest BCUT2D eigenvalue weighted by Gasteiger charge is -2.31. The van der Waals surface area contributed by atoms with Crippen LogP contribution in [0.3, 0.4) is 0 Å². The van der Waals surface area contributed by atoms with E-state index in [9.17, 15) is 4.79 Å². The Morgan fingerprint density at radius 2 is 2.11 bits per heavy atom. The Kier molecular flexibility index (Phi) is 7.43. The van der Waals surface area contributed by atoms with E-state index in [1.807, 2.05) is 43.0 Å². The van der Waals surface area contributed by atoms with Crippen molar-refractivity contribution in [1.29, 1.82) is 0 Å². The van der Waals surface area contributed by atoms with Gasteiger partial charge in [0.1, 0.15) is 5.75 Å². The highest BCUT2D eigenvalue weighted by atomic mass is 16.5. The molecule has 28 heavy (non-hydrogen) atoms. The number of pyridine rings is 1. The van der Waals surface area contributed by atoms with Crippen LogP contribution in [0.25, 0.3) is 0 Å². The summed E-state index contributed by atoms with van der Waals surface area (Å²) in [6, 6.07) is 12.3. The lowest BCUT2D eigenvalue weighted by molar-refractivity contribution is -0.135. The predicted octanol–water partition coefficient (Wildman–Crippen LogP) is 3.64. The molecule has 0 bridgehead atoms. The highest BCUT2D eigenvalue weighted by molar-refractivity contribution is 5.76. The quantitative estimate of drug-likeness (QED) is 0.796. The van der Waals surface area contributed by atoms with Crippen LogP contribution in [0.2, 0.25) is 0 Å². The van der Waals surface area contributed by atoms with Gasteiger partial charge in [0.2, 0.25) is 5.91 Å². The maximum absolute atomic E-state index is 13.1. The second-order valence-corrected chi connectivity index (χ2v) is 7.54. The number of nitrogens with zero attached hydrogens (tertiary/aromatic N) is 2. The van der Waals surface area contributed by atoms with Crippen LogP contribution in [0.5, 0.6) is 5.75 Å². The molecule has 3 rings (SSSR count). The minimum Gasteiger partial charge on any atom is -0.493 e. The third-order valence-corrected chi connectivity index (χ3v) is 5.28. The SMILES string of the molecule is Cc1ccc(C)c(OCCC(=O)N(Cc2ccccn2)C2CCCNCC2)c1. The summed E-state index contributed by atoms with van der Waals surface area (Å²) < 4.78 is 5.93. The number of hydrogen-bond donors (Lipinski definition) is 1. The van der Waals surface area contributed by atoms with Gasteiger partial charge in [-0.2, -0.15) is 0 Å². The van der Waals surface area contributed by atoms with Crippen molar-refractivity contribution in [2.75, 3.05) is 19.7 Å². The molecule has 1 atom stereocenters. The van der Waals surface area contributed by atoms with Crippen LogP contribution in [0.1, 0.15) is 42.5 Å². The molecule has 0 spiro atoms. The first-order chi connectivity index (χ1) is 13.6. The highest BCUT2D eigenvalue weighted by Crippen LogP contribution is 2.21. The lowest BCUT2D eigenvalue weighted by Crippen LogP contribution is -2.41.